The zero-order valence-electron chi connectivity index (χ0n) is 10.7. The van der Waals surface area contributed by atoms with Gasteiger partial charge in [-0.25, -0.2) is 9.78 Å². The Balaban J connectivity index is 1.92. The van der Waals surface area contributed by atoms with Gasteiger partial charge in [-0.15, -0.1) is 0 Å². The first-order valence-electron chi connectivity index (χ1n) is 6.18. The van der Waals surface area contributed by atoms with Crippen molar-refractivity contribution in [3.05, 3.63) is 12.2 Å². The Morgan fingerprint density at radius 1 is 1.63 bits per heavy atom. The number of aromatic amines is 1. The molecule has 1 saturated carbocycles. The molecule has 0 aromatic carbocycles. The summed E-state index contributed by atoms with van der Waals surface area (Å²) in [7, 11) is 0. The monoisotopic (exact) mass is 267 g/mol. The third-order valence-corrected chi connectivity index (χ3v) is 2.97. The lowest BCUT2D eigenvalue weighted by atomic mass is 10.3. The Bertz CT molecular complexity index is 443. The molecule has 0 saturated heterocycles. The Kier molecular flexibility index (Phi) is 3.98. The summed E-state index contributed by atoms with van der Waals surface area (Å²) in [5.41, 5.74) is 0. The molecule has 19 heavy (non-hydrogen) atoms. The number of nitrogens with zero attached hydrogens (tertiary/aromatic N) is 3. The molecule has 104 valence electrons. The third kappa shape index (κ3) is 3.94. The molecule has 1 aromatic rings. The average Bonchev–Trinajstić information content (AvgIpc) is 2.98. The SMILES string of the molecule is CC(NC(=O)N(CC(=O)O)CC1CC1)c1ncn[nH]1. The van der Waals surface area contributed by atoms with Gasteiger partial charge < -0.3 is 15.3 Å². The van der Waals surface area contributed by atoms with Crippen LogP contribution in [0.2, 0.25) is 0 Å². The van der Waals surface area contributed by atoms with Crippen LogP contribution in [-0.4, -0.2) is 50.3 Å². The summed E-state index contributed by atoms with van der Waals surface area (Å²) in [5.74, 6) is -0.0381. The number of carboxylic acids is 1. The van der Waals surface area contributed by atoms with Crippen molar-refractivity contribution in [1.82, 2.24) is 25.4 Å². The Morgan fingerprint density at radius 2 is 2.37 bits per heavy atom. The van der Waals surface area contributed by atoms with Crippen LogP contribution < -0.4 is 5.32 Å². The van der Waals surface area contributed by atoms with Gasteiger partial charge in [0.05, 0.1) is 6.04 Å². The molecule has 0 spiro atoms. The van der Waals surface area contributed by atoms with E-state index in [4.69, 9.17) is 5.11 Å². The van der Waals surface area contributed by atoms with Crippen LogP contribution in [0, 0.1) is 5.92 Å². The molecule has 1 aromatic heterocycles. The molecule has 2 rings (SSSR count). The number of H-pyrrole nitrogens is 1. The number of rotatable bonds is 6. The zero-order chi connectivity index (χ0) is 13.8. The number of carboxylic acid groups (broad SMARTS) is 1. The predicted octanol–water partition coefficient (Wildman–Crippen LogP) is 0.372. The van der Waals surface area contributed by atoms with E-state index in [9.17, 15) is 9.59 Å². The van der Waals surface area contributed by atoms with Crippen LogP contribution in [0.1, 0.15) is 31.6 Å². The minimum absolute atomic E-state index is 0.286. The van der Waals surface area contributed by atoms with Gasteiger partial charge in [0.2, 0.25) is 0 Å². The van der Waals surface area contributed by atoms with E-state index in [1.54, 1.807) is 6.92 Å². The summed E-state index contributed by atoms with van der Waals surface area (Å²) in [6.45, 7) is 1.96. The van der Waals surface area contributed by atoms with Crippen LogP contribution in [-0.2, 0) is 4.79 Å². The molecule has 1 fully saturated rings. The number of carbonyl (C=O) groups is 2. The number of hydrogen-bond acceptors (Lipinski definition) is 4. The number of hydrogen-bond donors (Lipinski definition) is 3. The summed E-state index contributed by atoms with van der Waals surface area (Å²) in [4.78, 5) is 28.1. The van der Waals surface area contributed by atoms with Gasteiger partial charge in [0.25, 0.3) is 0 Å². The number of aliphatic carboxylic acids is 1. The largest absolute Gasteiger partial charge is 0.480 e. The van der Waals surface area contributed by atoms with Crippen LogP contribution in [0.5, 0.6) is 0 Å². The van der Waals surface area contributed by atoms with Gasteiger partial charge in [-0.1, -0.05) is 0 Å². The summed E-state index contributed by atoms with van der Waals surface area (Å²) >= 11 is 0. The summed E-state index contributed by atoms with van der Waals surface area (Å²) < 4.78 is 0. The van der Waals surface area contributed by atoms with E-state index >= 15 is 0 Å². The van der Waals surface area contributed by atoms with Crippen LogP contribution in [0.4, 0.5) is 4.79 Å². The molecular weight excluding hydrogens is 250 g/mol. The minimum Gasteiger partial charge on any atom is -0.480 e. The first-order valence-corrected chi connectivity index (χ1v) is 6.18. The molecule has 8 heteroatoms. The highest BCUT2D eigenvalue weighted by Crippen LogP contribution is 2.29. The van der Waals surface area contributed by atoms with E-state index in [-0.39, 0.29) is 12.6 Å². The predicted molar refractivity (Wildman–Crippen MR) is 65.3 cm³/mol. The van der Waals surface area contributed by atoms with E-state index in [1.807, 2.05) is 0 Å². The van der Waals surface area contributed by atoms with Crippen molar-refractivity contribution < 1.29 is 14.7 Å². The van der Waals surface area contributed by atoms with Gasteiger partial charge in [-0.3, -0.25) is 9.89 Å². The van der Waals surface area contributed by atoms with Gasteiger partial charge in [-0.2, -0.15) is 5.10 Å². The maximum Gasteiger partial charge on any atom is 0.323 e. The molecule has 1 atom stereocenters. The Hall–Kier alpha value is -2.12. The minimum atomic E-state index is -1.01. The van der Waals surface area contributed by atoms with Gasteiger partial charge in [0.1, 0.15) is 18.7 Å². The molecule has 1 heterocycles. The van der Waals surface area contributed by atoms with Crippen molar-refractivity contribution in [2.75, 3.05) is 13.1 Å². The second kappa shape index (κ2) is 5.68. The second-order valence-corrected chi connectivity index (χ2v) is 4.76. The molecule has 1 aliphatic carbocycles. The molecule has 3 N–H and O–H groups in total. The molecule has 8 nitrogen and oxygen atoms in total. The van der Waals surface area contributed by atoms with E-state index in [2.05, 4.69) is 20.5 Å². The lowest BCUT2D eigenvalue weighted by molar-refractivity contribution is -0.137. The lowest BCUT2D eigenvalue weighted by Crippen LogP contribution is -2.44. The highest BCUT2D eigenvalue weighted by Gasteiger charge is 2.28. The van der Waals surface area contributed by atoms with E-state index in [0.29, 0.717) is 18.3 Å². The lowest BCUT2D eigenvalue weighted by Gasteiger charge is -2.22. The van der Waals surface area contributed by atoms with E-state index < -0.39 is 12.0 Å². The topological polar surface area (TPSA) is 111 Å². The fourth-order valence-corrected chi connectivity index (χ4v) is 1.76. The van der Waals surface area contributed by atoms with Crippen molar-refractivity contribution in [2.24, 2.45) is 5.92 Å². The number of amides is 2. The summed E-state index contributed by atoms with van der Waals surface area (Å²) in [6.07, 6.45) is 3.47. The average molecular weight is 267 g/mol. The molecular formula is C11H17N5O3. The molecule has 1 aliphatic rings. The highest BCUT2D eigenvalue weighted by molar-refractivity contribution is 5.80. The standard InChI is InChI=1S/C11H17N5O3/c1-7(10-12-6-13-15-10)14-11(19)16(5-9(17)18)4-8-2-3-8/h6-8H,2-5H2,1H3,(H,14,19)(H,17,18)(H,12,13,15). The van der Waals surface area contributed by atoms with Crippen LogP contribution in [0.15, 0.2) is 6.33 Å². The van der Waals surface area contributed by atoms with Crippen LogP contribution in [0.25, 0.3) is 0 Å². The molecule has 0 radical (unpaired) electrons. The van der Waals surface area contributed by atoms with Gasteiger partial charge >= 0.3 is 12.0 Å². The number of aromatic nitrogens is 3. The summed E-state index contributed by atoms with van der Waals surface area (Å²) in [5, 5.41) is 17.9. The zero-order valence-corrected chi connectivity index (χ0v) is 10.7. The van der Waals surface area contributed by atoms with Gasteiger partial charge in [0.15, 0.2) is 0 Å². The summed E-state index contributed by atoms with van der Waals surface area (Å²) in [6, 6.07) is -0.733. The quantitative estimate of drug-likeness (QED) is 0.689. The van der Waals surface area contributed by atoms with E-state index in [1.165, 1.54) is 11.2 Å². The normalized spacial score (nSPS) is 15.8. The maximum atomic E-state index is 12.0. The van der Waals surface area contributed by atoms with Crippen molar-refractivity contribution in [1.29, 1.82) is 0 Å². The first-order chi connectivity index (χ1) is 9.06. The van der Waals surface area contributed by atoms with Crippen LogP contribution in [0.3, 0.4) is 0 Å². The molecule has 1 unspecified atom stereocenters. The molecule has 0 aliphatic heterocycles. The maximum absolute atomic E-state index is 12.0. The molecule has 0 bridgehead atoms. The number of nitrogens with one attached hydrogen (secondary N) is 2. The smallest absolute Gasteiger partial charge is 0.323 e. The van der Waals surface area contributed by atoms with Gasteiger partial charge in [0, 0.05) is 6.54 Å². The second-order valence-electron chi connectivity index (χ2n) is 4.76. The van der Waals surface area contributed by atoms with Crippen molar-refractivity contribution in [3.8, 4) is 0 Å². The van der Waals surface area contributed by atoms with Crippen molar-refractivity contribution in [3.63, 3.8) is 0 Å². The Morgan fingerprint density at radius 3 is 2.89 bits per heavy atom. The van der Waals surface area contributed by atoms with Gasteiger partial charge in [-0.05, 0) is 25.7 Å². The fraction of sp³-hybridized carbons (Fsp3) is 0.636. The highest BCUT2D eigenvalue weighted by atomic mass is 16.4. The fourth-order valence-electron chi connectivity index (χ4n) is 1.76. The Labute approximate surface area is 110 Å². The number of carbonyl (C=O) groups excluding carboxylic acids is 1. The van der Waals surface area contributed by atoms with E-state index in [0.717, 1.165) is 12.8 Å². The first kappa shape index (κ1) is 13.3. The molecule has 2 amide bonds. The van der Waals surface area contributed by atoms with Crippen molar-refractivity contribution >= 4 is 12.0 Å². The van der Waals surface area contributed by atoms with Crippen LogP contribution >= 0.6 is 0 Å². The van der Waals surface area contributed by atoms with Crippen molar-refractivity contribution in [2.45, 2.75) is 25.8 Å². The third-order valence-electron chi connectivity index (χ3n) is 2.97. The number of urea groups is 1.